The molecule has 134 valence electrons. The first kappa shape index (κ1) is 16.8. The molecule has 0 N–H and O–H groups in total. The van der Waals surface area contributed by atoms with Crippen LogP contribution in [0.5, 0.6) is 5.75 Å². The molecule has 4 rings (SSSR count). The molecule has 26 heavy (non-hydrogen) atoms. The van der Waals surface area contributed by atoms with Gasteiger partial charge in [0.25, 0.3) is 0 Å². The van der Waals surface area contributed by atoms with Gasteiger partial charge in [-0.3, -0.25) is 0 Å². The third-order valence-electron chi connectivity index (χ3n) is 4.49. The van der Waals surface area contributed by atoms with Gasteiger partial charge in [0.1, 0.15) is 11.9 Å². The van der Waals surface area contributed by atoms with Crippen molar-refractivity contribution in [2.45, 2.75) is 24.7 Å². The second kappa shape index (κ2) is 7.27. The molecular weight excluding hydrogens is 336 g/mol. The Hall–Kier alpha value is -2.70. The van der Waals surface area contributed by atoms with E-state index in [1.807, 2.05) is 6.07 Å². The summed E-state index contributed by atoms with van der Waals surface area (Å²) in [6, 6.07) is 15.0. The van der Waals surface area contributed by atoms with Gasteiger partial charge in [-0.15, -0.1) is 0 Å². The number of benzene rings is 2. The molecule has 0 bridgehead atoms. The molecule has 2 fully saturated rings. The van der Waals surface area contributed by atoms with Crippen LogP contribution in [0.4, 0.5) is 0 Å². The van der Waals surface area contributed by atoms with Crippen LogP contribution in [0.3, 0.4) is 0 Å². The van der Waals surface area contributed by atoms with E-state index in [2.05, 4.69) is 0 Å². The van der Waals surface area contributed by atoms with Crippen LogP contribution in [-0.4, -0.2) is 43.5 Å². The Morgan fingerprint density at radius 1 is 0.885 bits per heavy atom. The van der Waals surface area contributed by atoms with Gasteiger partial charge in [-0.25, -0.2) is 9.59 Å². The minimum absolute atomic E-state index is 0.0209. The van der Waals surface area contributed by atoms with Gasteiger partial charge in [0.15, 0.2) is 6.10 Å². The van der Waals surface area contributed by atoms with Gasteiger partial charge >= 0.3 is 11.9 Å². The molecule has 0 aromatic heterocycles. The van der Waals surface area contributed by atoms with Crippen LogP contribution in [0.2, 0.25) is 0 Å². The number of esters is 2. The highest BCUT2D eigenvalue weighted by Gasteiger charge is 2.44. The molecule has 0 amide bonds. The molecule has 0 radical (unpaired) electrons. The number of fused-ring (bicyclic) bond motifs is 1. The molecular formula is C20H18O6. The van der Waals surface area contributed by atoms with E-state index in [-0.39, 0.29) is 18.3 Å². The highest BCUT2D eigenvalue weighted by Crippen LogP contribution is 2.29. The van der Waals surface area contributed by atoms with Crippen molar-refractivity contribution in [3.05, 3.63) is 65.7 Å². The summed E-state index contributed by atoms with van der Waals surface area (Å²) in [4.78, 5) is 24.3. The van der Waals surface area contributed by atoms with Crippen LogP contribution in [0.15, 0.2) is 54.6 Å². The standard InChI is InChI=1S/C20H18O6/c21-19(13-4-2-1-3-5-13)25-15-8-6-14(7-9-15)20(22)26-17-12-24-16-10-11-23-18(16)17/h1-9,16-18H,10-12H2. The lowest BCUT2D eigenvalue weighted by atomic mass is 10.1. The van der Waals surface area contributed by atoms with Crippen LogP contribution in [0.1, 0.15) is 27.1 Å². The van der Waals surface area contributed by atoms with Gasteiger partial charge < -0.3 is 18.9 Å². The number of carbonyl (C=O) groups is 2. The van der Waals surface area contributed by atoms with Gasteiger partial charge in [0.05, 0.1) is 23.8 Å². The van der Waals surface area contributed by atoms with Crippen molar-refractivity contribution in [2.75, 3.05) is 13.2 Å². The van der Waals surface area contributed by atoms with E-state index < -0.39 is 11.9 Å². The summed E-state index contributed by atoms with van der Waals surface area (Å²) in [5, 5.41) is 0. The summed E-state index contributed by atoms with van der Waals surface area (Å²) in [5.41, 5.74) is 0.842. The average Bonchev–Trinajstić information content (AvgIpc) is 3.28. The fourth-order valence-corrected chi connectivity index (χ4v) is 3.14. The van der Waals surface area contributed by atoms with Crippen LogP contribution < -0.4 is 4.74 Å². The van der Waals surface area contributed by atoms with E-state index in [1.54, 1.807) is 48.5 Å². The maximum absolute atomic E-state index is 12.3. The molecule has 3 atom stereocenters. The molecule has 2 saturated heterocycles. The average molecular weight is 354 g/mol. The van der Waals surface area contributed by atoms with Gasteiger partial charge in [-0.1, -0.05) is 18.2 Å². The van der Waals surface area contributed by atoms with Crippen molar-refractivity contribution in [2.24, 2.45) is 0 Å². The van der Waals surface area contributed by atoms with Crippen LogP contribution in [0, 0.1) is 0 Å². The lowest BCUT2D eigenvalue weighted by Crippen LogP contribution is -2.32. The number of hydrogen-bond acceptors (Lipinski definition) is 6. The minimum atomic E-state index is -0.451. The van der Waals surface area contributed by atoms with Crippen molar-refractivity contribution >= 4 is 11.9 Å². The third-order valence-corrected chi connectivity index (χ3v) is 4.49. The number of hydrogen-bond donors (Lipinski definition) is 0. The zero-order chi connectivity index (χ0) is 17.9. The van der Waals surface area contributed by atoms with Crippen molar-refractivity contribution in [3.8, 4) is 5.75 Å². The maximum Gasteiger partial charge on any atom is 0.343 e. The number of carbonyl (C=O) groups excluding carboxylic acids is 2. The number of ether oxygens (including phenoxy) is 4. The second-order valence-electron chi connectivity index (χ2n) is 6.22. The fourth-order valence-electron chi connectivity index (χ4n) is 3.14. The van der Waals surface area contributed by atoms with Gasteiger partial charge in [-0.05, 0) is 42.8 Å². The van der Waals surface area contributed by atoms with Crippen molar-refractivity contribution in [1.29, 1.82) is 0 Å². The van der Waals surface area contributed by atoms with Crippen LogP contribution in [0.25, 0.3) is 0 Å². The predicted octanol–water partition coefficient (Wildman–Crippen LogP) is 2.62. The van der Waals surface area contributed by atoms with Crippen LogP contribution >= 0.6 is 0 Å². The lowest BCUT2D eigenvalue weighted by molar-refractivity contribution is -0.0148. The molecule has 3 unspecified atom stereocenters. The molecule has 6 heteroatoms. The first-order chi connectivity index (χ1) is 12.7. The summed E-state index contributed by atoms with van der Waals surface area (Å²) in [7, 11) is 0. The molecule has 2 heterocycles. The van der Waals surface area contributed by atoms with E-state index in [1.165, 1.54) is 0 Å². The first-order valence-corrected chi connectivity index (χ1v) is 8.52. The second-order valence-corrected chi connectivity index (χ2v) is 6.22. The monoisotopic (exact) mass is 354 g/mol. The summed E-state index contributed by atoms with van der Waals surface area (Å²) >= 11 is 0. The molecule has 6 nitrogen and oxygen atoms in total. The summed E-state index contributed by atoms with van der Waals surface area (Å²) in [5.74, 6) is -0.539. The normalized spacial score (nSPS) is 24.1. The van der Waals surface area contributed by atoms with Crippen molar-refractivity contribution in [3.63, 3.8) is 0 Å². The largest absolute Gasteiger partial charge is 0.453 e. The van der Waals surface area contributed by atoms with Gasteiger partial charge in [0, 0.05) is 6.61 Å². The molecule has 2 aliphatic rings. The van der Waals surface area contributed by atoms with Gasteiger partial charge in [-0.2, -0.15) is 0 Å². The maximum atomic E-state index is 12.3. The first-order valence-electron chi connectivity index (χ1n) is 8.52. The Morgan fingerprint density at radius 2 is 1.62 bits per heavy atom. The van der Waals surface area contributed by atoms with Crippen molar-refractivity contribution < 1.29 is 28.5 Å². The van der Waals surface area contributed by atoms with Crippen LogP contribution in [-0.2, 0) is 14.2 Å². The molecule has 0 spiro atoms. The molecule has 2 aliphatic heterocycles. The zero-order valence-electron chi connectivity index (χ0n) is 14.0. The van der Waals surface area contributed by atoms with E-state index in [0.29, 0.717) is 30.1 Å². The lowest BCUT2D eigenvalue weighted by Gasteiger charge is -2.16. The van der Waals surface area contributed by atoms with E-state index >= 15 is 0 Å². The fraction of sp³-hybridized carbons (Fsp3) is 0.300. The van der Waals surface area contributed by atoms with E-state index in [9.17, 15) is 9.59 Å². The Kier molecular flexibility index (Phi) is 4.69. The Bertz CT molecular complexity index is 786. The highest BCUT2D eigenvalue weighted by molar-refractivity contribution is 5.92. The highest BCUT2D eigenvalue weighted by atomic mass is 16.6. The summed E-state index contributed by atoms with van der Waals surface area (Å²) in [6.07, 6.45) is 0.295. The topological polar surface area (TPSA) is 71.1 Å². The third kappa shape index (κ3) is 3.47. The Balaban J connectivity index is 1.36. The number of rotatable bonds is 4. The summed E-state index contributed by atoms with van der Waals surface area (Å²) < 4.78 is 21.9. The van der Waals surface area contributed by atoms with E-state index in [4.69, 9.17) is 18.9 Å². The van der Waals surface area contributed by atoms with Gasteiger partial charge in [0.2, 0.25) is 0 Å². The predicted molar refractivity (Wildman–Crippen MR) is 91.1 cm³/mol. The molecule has 2 aromatic rings. The SMILES string of the molecule is O=C(Oc1ccc(C(=O)OC2COC3CCOC32)cc1)c1ccccc1. The molecule has 0 saturated carbocycles. The quantitative estimate of drug-likeness (QED) is 0.621. The van der Waals surface area contributed by atoms with Crippen molar-refractivity contribution in [1.82, 2.24) is 0 Å². The minimum Gasteiger partial charge on any atom is -0.453 e. The zero-order valence-corrected chi connectivity index (χ0v) is 14.0. The van der Waals surface area contributed by atoms with E-state index in [0.717, 1.165) is 6.42 Å². The summed E-state index contributed by atoms with van der Waals surface area (Å²) in [6.45, 7) is 0.985. The Morgan fingerprint density at radius 3 is 2.38 bits per heavy atom. The smallest absolute Gasteiger partial charge is 0.343 e. The molecule has 2 aromatic carbocycles. The molecule has 0 aliphatic carbocycles. The Labute approximate surface area is 150 Å².